The number of rotatable bonds is 5. The molecule has 0 aliphatic heterocycles. The van der Waals surface area contributed by atoms with Crippen LogP contribution in [0, 0.1) is 0 Å². The molecule has 2 aromatic heterocycles. The number of nitrogens with zero attached hydrogens (tertiary/aromatic N) is 3. The number of aromatic nitrogens is 3. The SMILES string of the molecule is CC(C)n1cc(NS(=O)(=O)c2ccc(CO)cn2)cn1. The molecule has 7 nitrogen and oxygen atoms in total. The number of nitrogens with one attached hydrogen (secondary N) is 1. The van der Waals surface area contributed by atoms with Crippen molar-refractivity contribution in [2.75, 3.05) is 4.72 Å². The maximum absolute atomic E-state index is 12.1. The predicted octanol–water partition coefficient (Wildman–Crippen LogP) is 1.15. The summed E-state index contributed by atoms with van der Waals surface area (Å²) in [7, 11) is -3.75. The maximum Gasteiger partial charge on any atom is 0.279 e. The van der Waals surface area contributed by atoms with Gasteiger partial charge in [-0.15, -0.1) is 0 Å². The third-order valence-electron chi connectivity index (χ3n) is 2.64. The van der Waals surface area contributed by atoms with Gasteiger partial charge in [-0.3, -0.25) is 9.40 Å². The van der Waals surface area contributed by atoms with Crippen molar-refractivity contribution in [1.82, 2.24) is 14.8 Å². The summed E-state index contributed by atoms with van der Waals surface area (Å²) in [6, 6.07) is 3.01. The molecule has 2 rings (SSSR count). The highest BCUT2D eigenvalue weighted by molar-refractivity contribution is 7.92. The summed E-state index contributed by atoms with van der Waals surface area (Å²) < 4.78 is 28.3. The number of pyridine rings is 1. The van der Waals surface area contributed by atoms with Crippen LogP contribution in [0.3, 0.4) is 0 Å². The van der Waals surface area contributed by atoms with E-state index in [-0.39, 0.29) is 17.7 Å². The van der Waals surface area contributed by atoms with Gasteiger partial charge in [0.1, 0.15) is 0 Å². The Kier molecular flexibility index (Phi) is 4.05. The van der Waals surface area contributed by atoms with Crippen LogP contribution in [0.4, 0.5) is 5.69 Å². The van der Waals surface area contributed by atoms with Crippen molar-refractivity contribution in [2.45, 2.75) is 31.5 Å². The summed E-state index contributed by atoms with van der Waals surface area (Å²) in [6.07, 6.45) is 4.38. The predicted molar refractivity (Wildman–Crippen MR) is 73.6 cm³/mol. The third-order valence-corrected chi connectivity index (χ3v) is 3.93. The zero-order valence-corrected chi connectivity index (χ0v) is 12.0. The van der Waals surface area contributed by atoms with Crippen molar-refractivity contribution < 1.29 is 13.5 Å². The maximum atomic E-state index is 12.1. The zero-order chi connectivity index (χ0) is 14.8. The molecule has 0 aliphatic rings. The van der Waals surface area contributed by atoms with Crippen LogP contribution in [0.5, 0.6) is 0 Å². The van der Waals surface area contributed by atoms with Gasteiger partial charge in [0.2, 0.25) is 0 Å². The Labute approximate surface area is 117 Å². The van der Waals surface area contributed by atoms with Crippen LogP contribution < -0.4 is 4.72 Å². The molecule has 108 valence electrons. The van der Waals surface area contributed by atoms with E-state index in [2.05, 4.69) is 14.8 Å². The van der Waals surface area contributed by atoms with Crippen LogP contribution in [0.2, 0.25) is 0 Å². The Morgan fingerprint density at radius 3 is 2.60 bits per heavy atom. The number of hydrogen-bond donors (Lipinski definition) is 2. The number of anilines is 1. The summed E-state index contributed by atoms with van der Waals surface area (Å²) in [5.41, 5.74) is 0.934. The summed E-state index contributed by atoms with van der Waals surface area (Å²) in [5.74, 6) is 0. The Bertz CT molecular complexity index is 677. The van der Waals surface area contributed by atoms with Gasteiger partial charge in [0.05, 0.1) is 18.5 Å². The average molecular weight is 296 g/mol. The lowest BCUT2D eigenvalue weighted by molar-refractivity contribution is 0.281. The minimum Gasteiger partial charge on any atom is -0.392 e. The van der Waals surface area contributed by atoms with Crippen molar-refractivity contribution in [3.63, 3.8) is 0 Å². The van der Waals surface area contributed by atoms with Gasteiger partial charge in [-0.05, 0) is 25.5 Å². The lowest BCUT2D eigenvalue weighted by Crippen LogP contribution is -2.14. The van der Waals surface area contributed by atoms with E-state index in [1.807, 2.05) is 13.8 Å². The Morgan fingerprint density at radius 1 is 1.35 bits per heavy atom. The molecule has 0 aliphatic carbocycles. The van der Waals surface area contributed by atoms with Crippen molar-refractivity contribution in [1.29, 1.82) is 0 Å². The van der Waals surface area contributed by atoms with Crippen LogP contribution in [-0.2, 0) is 16.6 Å². The summed E-state index contributed by atoms with van der Waals surface area (Å²) in [6.45, 7) is 3.71. The van der Waals surface area contributed by atoms with E-state index in [4.69, 9.17) is 5.11 Å². The fourth-order valence-corrected chi connectivity index (χ4v) is 2.50. The summed E-state index contributed by atoms with van der Waals surface area (Å²) >= 11 is 0. The molecule has 0 spiro atoms. The monoisotopic (exact) mass is 296 g/mol. The molecule has 0 saturated heterocycles. The Hall–Kier alpha value is -1.93. The highest BCUT2D eigenvalue weighted by atomic mass is 32.2. The molecule has 0 saturated carbocycles. The van der Waals surface area contributed by atoms with E-state index < -0.39 is 10.0 Å². The van der Waals surface area contributed by atoms with Crippen LogP contribution in [-0.4, -0.2) is 28.3 Å². The molecule has 0 bridgehead atoms. The van der Waals surface area contributed by atoms with E-state index in [0.717, 1.165) is 0 Å². The highest BCUT2D eigenvalue weighted by Gasteiger charge is 2.16. The lowest BCUT2D eigenvalue weighted by Gasteiger charge is -2.06. The van der Waals surface area contributed by atoms with Gasteiger partial charge < -0.3 is 5.11 Å². The number of hydrogen-bond acceptors (Lipinski definition) is 5. The second kappa shape index (κ2) is 5.59. The first-order valence-electron chi connectivity index (χ1n) is 6.05. The van der Waals surface area contributed by atoms with Crippen molar-refractivity contribution in [3.05, 3.63) is 36.3 Å². The molecule has 0 amide bonds. The van der Waals surface area contributed by atoms with E-state index >= 15 is 0 Å². The molecular formula is C12H16N4O3S. The van der Waals surface area contributed by atoms with Crippen LogP contribution in [0.25, 0.3) is 0 Å². The molecular weight excluding hydrogens is 280 g/mol. The molecule has 0 atom stereocenters. The normalized spacial score (nSPS) is 11.8. The van der Waals surface area contributed by atoms with Crippen LogP contribution in [0.1, 0.15) is 25.5 Å². The third kappa shape index (κ3) is 3.14. The fraction of sp³-hybridized carbons (Fsp3) is 0.333. The first kappa shape index (κ1) is 14.5. The standard InChI is InChI=1S/C12H16N4O3S/c1-9(2)16-7-11(6-14-16)15-20(18,19)12-4-3-10(8-17)5-13-12/h3-7,9,15,17H,8H2,1-2H3. The molecule has 0 radical (unpaired) electrons. The minimum absolute atomic E-state index is 0.105. The van der Waals surface area contributed by atoms with Gasteiger partial charge in [-0.25, -0.2) is 4.98 Å². The molecule has 8 heteroatoms. The van der Waals surface area contributed by atoms with Crippen molar-refractivity contribution in [2.24, 2.45) is 0 Å². The first-order chi connectivity index (χ1) is 9.42. The largest absolute Gasteiger partial charge is 0.392 e. The average Bonchev–Trinajstić information content (AvgIpc) is 2.87. The van der Waals surface area contributed by atoms with E-state index in [9.17, 15) is 8.42 Å². The fourth-order valence-electron chi connectivity index (χ4n) is 1.54. The smallest absolute Gasteiger partial charge is 0.279 e. The van der Waals surface area contributed by atoms with E-state index in [1.165, 1.54) is 24.5 Å². The molecule has 0 unspecified atom stereocenters. The lowest BCUT2D eigenvalue weighted by atomic mass is 10.3. The zero-order valence-electron chi connectivity index (χ0n) is 11.2. The van der Waals surface area contributed by atoms with Gasteiger partial charge in [0.15, 0.2) is 5.03 Å². The second-order valence-corrected chi connectivity index (χ2v) is 6.20. The van der Waals surface area contributed by atoms with Crippen LogP contribution in [0.15, 0.2) is 35.7 Å². The summed E-state index contributed by atoms with van der Waals surface area (Å²) in [4.78, 5) is 3.82. The van der Waals surface area contributed by atoms with Gasteiger partial charge in [-0.1, -0.05) is 6.07 Å². The quantitative estimate of drug-likeness (QED) is 0.862. The van der Waals surface area contributed by atoms with Gasteiger partial charge in [-0.2, -0.15) is 13.5 Å². The van der Waals surface area contributed by atoms with Gasteiger partial charge in [0, 0.05) is 18.4 Å². The molecule has 2 heterocycles. The van der Waals surface area contributed by atoms with Crippen molar-refractivity contribution in [3.8, 4) is 0 Å². The molecule has 20 heavy (non-hydrogen) atoms. The minimum atomic E-state index is -3.75. The molecule has 0 aromatic carbocycles. The second-order valence-electron chi connectivity index (χ2n) is 4.57. The molecule has 2 aromatic rings. The highest BCUT2D eigenvalue weighted by Crippen LogP contribution is 2.15. The van der Waals surface area contributed by atoms with E-state index in [1.54, 1.807) is 10.9 Å². The number of aliphatic hydroxyl groups excluding tert-OH is 1. The van der Waals surface area contributed by atoms with Gasteiger partial charge >= 0.3 is 0 Å². The molecule has 2 N–H and O–H groups in total. The number of aliphatic hydroxyl groups is 1. The first-order valence-corrected chi connectivity index (χ1v) is 7.53. The Balaban J connectivity index is 2.21. The van der Waals surface area contributed by atoms with Crippen LogP contribution >= 0.6 is 0 Å². The summed E-state index contributed by atoms with van der Waals surface area (Å²) in [5, 5.41) is 12.9. The molecule has 0 fully saturated rings. The van der Waals surface area contributed by atoms with Crippen molar-refractivity contribution >= 4 is 15.7 Å². The number of sulfonamides is 1. The topological polar surface area (TPSA) is 97.1 Å². The van der Waals surface area contributed by atoms with Gasteiger partial charge in [0.25, 0.3) is 10.0 Å². The van der Waals surface area contributed by atoms with E-state index in [0.29, 0.717) is 11.3 Å². The Morgan fingerprint density at radius 2 is 2.10 bits per heavy atom.